The summed E-state index contributed by atoms with van der Waals surface area (Å²) in [7, 11) is 0. The molecule has 1 saturated heterocycles. The fourth-order valence-electron chi connectivity index (χ4n) is 3.29. The highest BCUT2D eigenvalue weighted by Crippen LogP contribution is 2.13. The molecule has 0 aliphatic carbocycles. The summed E-state index contributed by atoms with van der Waals surface area (Å²) in [5, 5.41) is 3.03. The molecule has 0 unspecified atom stereocenters. The molecular weight excluding hydrogens is 310 g/mol. The van der Waals surface area contributed by atoms with Gasteiger partial charge in [-0.3, -0.25) is 14.6 Å². The molecule has 132 valence electrons. The van der Waals surface area contributed by atoms with Crippen LogP contribution in [0.2, 0.25) is 0 Å². The van der Waals surface area contributed by atoms with Crippen molar-refractivity contribution in [1.29, 1.82) is 0 Å². The Balaban J connectivity index is 1.48. The molecule has 4 heteroatoms. The molecule has 1 aliphatic rings. The van der Waals surface area contributed by atoms with Gasteiger partial charge in [0, 0.05) is 25.3 Å². The van der Waals surface area contributed by atoms with Crippen molar-refractivity contribution in [3.63, 3.8) is 0 Å². The van der Waals surface area contributed by atoms with E-state index in [1.165, 1.54) is 5.56 Å². The summed E-state index contributed by atoms with van der Waals surface area (Å²) >= 11 is 0. The molecule has 1 N–H and O–H groups in total. The summed E-state index contributed by atoms with van der Waals surface area (Å²) in [6.45, 7) is 7.48. The first-order chi connectivity index (χ1) is 12.2. The molecule has 1 fully saturated rings. The van der Waals surface area contributed by atoms with E-state index in [0.29, 0.717) is 6.54 Å². The minimum absolute atomic E-state index is 0.0748. The van der Waals surface area contributed by atoms with Crippen LogP contribution in [0.1, 0.15) is 17.5 Å². The van der Waals surface area contributed by atoms with Crippen LogP contribution in [-0.2, 0) is 11.3 Å². The molecule has 3 rings (SSSR count). The fourth-order valence-corrected chi connectivity index (χ4v) is 3.29. The lowest BCUT2D eigenvalue weighted by Crippen LogP contribution is -2.36. The van der Waals surface area contributed by atoms with Crippen LogP contribution in [0.4, 0.5) is 5.69 Å². The normalized spacial score (nSPS) is 16.4. The van der Waals surface area contributed by atoms with Crippen molar-refractivity contribution in [3.05, 3.63) is 65.7 Å². The van der Waals surface area contributed by atoms with Gasteiger partial charge in [0.1, 0.15) is 0 Å². The van der Waals surface area contributed by atoms with Crippen molar-refractivity contribution in [2.45, 2.75) is 19.9 Å². The summed E-state index contributed by atoms with van der Waals surface area (Å²) < 4.78 is 0. The van der Waals surface area contributed by atoms with Crippen molar-refractivity contribution < 1.29 is 4.79 Å². The highest BCUT2D eigenvalue weighted by molar-refractivity contribution is 5.92. The van der Waals surface area contributed by atoms with E-state index in [2.05, 4.69) is 45.4 Å². The number of rotatable bonds is 5. The lowest BCUT2D eigenvalue weighted by atomic mass is 10.2. The number of nitrogens with zero attached hydrogens (tertiary/aromatic N) is 2. The van der Waals surface area contributed by atoms with Crippen LogP contribution in [0.25, 0.3) is 0 Å². The first-order valence-electron chi connectivity index (χ1n) is 9.05. The number of carbonyl (C=O) groups is 1. The third-order valence-corrected chi connectivity index (χ3v) is 4.72. The van der Waals surface area contributed by atoms with Crippen molar-refractivity contribution in [3.8, 4) is 0 Å². The maximum absolute atomic E-state index is 12.4. The summed E-state index contributed by atoms with van der Waals surface area (Å²) in [4.78, 5) is 17.1. The number of amides is 1. The third kappa shape index (κ3) is 5.41. The van der Waals surface area contributed by atoms with Gasteiger partial charge in [-0.05, 0) is 43.6 Å². The molecule has 0 atom stereocenters. The lowest BCUT2D eigenvalue weighted by molar-refractivity contribution is -0.117. The van der Waals surface area contributed by atoms with E-state index in [9.17, 15) is 4.79 Å². The number of benzene rings is 2. The second-order valence-corrected chi connectivity index (χ2v) is 6.75. The van der Waals surface area contributed by atoms with Gasteiger partial charge >= 0.3 is 0 Å². The van der Waals surface area contributed by atoms with E-state index >= 15 is 0 Å². The predicted octanol–water partition coefficient (Wildman–Crippen LogP) is 3.14. The van der Waals surface area contributed by atoms with Crippen molar-refractivity contribution >= 4 is 11.6 Å². The van der Waals surface area contributed by atoms with Gasteiger partial charge in [-0.15, -0.1) is 0 Å². The van der Waals surface area contributed by atoms with E-state index in [4.69, 9.17) is 0 Å². The Morgan fingerprint density at radius 3 is 2.40 bits per heavy atom. The maximum Gasteiger partial charge on any atom is 0.238 e. The zero-order chi connectivity index (χ0) is 17.5. The minimum Gasteiger partial charge on any atom is -0.325 e. The van der Waals surface area contributed by atoms with E-state index < -0.39 is 0 Å². The first kappa shape index (κ1) is 17.6. The number of anilines is 1. The first-order valence-corrected chi connectivity index (χ1v) is 9.05. The van der Waals surface area contributed by atoms with Gasteiger partial charge < -0.3 is 5.32 Å². The molecule has 2 aromatic carbocycles. The number of nitrogens with one attached hydrogen (secondary N) is 1. The number of hydrogen-bond donors (Lipinski definition) is 1. The Morgan fingerprint density at radius 2 is 1.60 bits per heavy atom. The monoisotopic (exact) mass is 337 g/mol. The lowest BCUT2D eigenvalue weighted by Gasteiger charge is -2.21. The van der Waals surface area contributed by atoms with Gasteiger partial charge in [-0.1, -0.05) is 48.5 Å². The molecule has 25 heavy (non-hydrogen) atoms. The van der Waals surface area contributed by atoms with E-state index in [0.717, 1.165) is 50.4 Å². The smallest absolute Gasteiger partial charge is 0.238 e. The molecule has 0 aromatic heterocycles. The summed E-state index contributed by atoms with van der Waals surface area (Å²) in [6.07, 6.45) is 1.10. The highest BCUT2D eigenvalue weighted by Gasteiger charge is 2.17. The second kappa shape index (κ2) is 8.79. The maximum atomic E-state index is 12.4. The fraction of sp³-hybridized carbons (Fsp3) is 0.381. The Labute approximate surface area is 150 Å². The zero-order valence-corrected chi connectivity index (χ0v) is 14.9. The molecule has 1 amide bonds. The van der Waals surface area contributed by atoms with Gasteiger partial charge in [-0.2, -0.15) is 0 Å². The quantitative estimate of drug-likeness (QED) is 0.910. The average molecular weight is 337 g/mol. The Kier molecular flexibility index (Phi) is 6.20. The van der Waals surface area contributed by atoms with E-state index in [1.807, 2.05) is 31.2 Å². The highest BCUT2D eigenvalue weighted by atomic mass is 16.2. The molecule has 0 saturated carbocycles. The van der Waals surface area contributed by atoms with Gasteiger partial charge in [-0.25, -0.2) is 0 Å². The van der Waals surface area contributed by atoms with Gasteiger partial charge in [0.05, 0.1) is 6.54 Å². The topological polar surface area (TPSA) is 35.6 Å². The largest absolute Gasteiger partial charge is 0.325 e. The van der Waals surface area contributed by atoms with E-state index in [-0.39, 0.29) is 5.91 Å². The Bertz CT molecular complexity index is 687. The Morgan fingerprint density at radius 1 is 0.920 bits per heavy atom. The number of para-hydroxylation sites is 1. The molecule has 0 radical (unpaired) electrons. The summed E-state index contributed by atoms with van der Waals surface area (Å²) in [5.74, 6) is 0.0748. The van der Waals surface area contributed by atoms with Crippen LogP contribution in [0.3, 0.4) is 0 Å². The Hall–Kier alpha value is -2.17. The van der Waals surface area contributed by atoms with Crippen LogP contribution in [-0.4, -0.2) is 48.4 Å². The zero-order valence-electron chi connectivity index (χ0n) is 14.9. The second-order valence-electron chi connectivity index (χ2n) is 6.75. The SMILES string of the molecule is Cc1ccccc1NC(=O)CN1CCCN(Cc2ccccc2)CC1. The van der Waals surface area contributed by atoms with Crippen LogP contribution in [0.5, 0.6) is 0 Å². The number of hydrogen-bond acceptors (Lipinski definition) is 3. The number of aryl methyl sites for hydroxylation is 1. The van der Waals surface area contributed by atoms with Gasteiger partial charge in [0.25, 0.3) is 0 Å². The standard InChI is InChI=1S/C21H27N3O/c1-18-8-5-6-11-20(18)22-21(25)17-24-13-7-12-23(14-15-24)16-19-9-3-2-4-10-19/h2-6,8-11H,7,12-17H2,1H3,(H,22,25). The van der Waals surface area contributed by atoms with E-state index in [1.54, 1.807) is 0 Å². The van der Waals surface area contributed by atoms with Crippen LogP contribution in [0, 0.1) is 6.92 Å². The molecule has 0 spiro atoms. The summed E-state index contributed by atoms with van der Waals surface area (Å²) in [6, 6.07) is 18.5. The predicted molar refractivity (Wildman–Crippen MR) is 103 cm³/mol. The molecule has 2 aromatic rings. The van der Waals surface area contributed by atoms with Crippen molar-refractivity contribution in [2.24, 2.45) is 0 Å². The molecule has 1 heterocycles. The minimum atomic E-state index is 0.0748. The van der Waals surface area contributed by atoms with Crippen LogP contribution >= 0.6 is 0 Å². The molecule has 1 aliphatic heterocycles. The van der Waals surface area contributed by atoms with Crippen LogP contribution < -0.4 is 5.32 Å². The van der Waals surface area contributed by atoms with Crippen LogP contribution in [0.15, 0.2) is 54.6 Å². The molecule has 4 nitrogen and oxygen atoms in total. The van der Waals surface area contributed by atoms with Crippen molar-refractivity contribution in [1.82, 2.24) is 9.80 Å². The molecular formula is C21H27N3O. The molecule has 0 bridgehead atoms. The average Bonchev–Trinajstić information content (AvgIpc) is 2.83. The van der Waals surface area contributed by atoms with Gasteiger partial charge in [0.2, 0.25) is 5.91 Å². The van der Waals surface area contributed by atoms with Gasteiger partial charge in [0.15, 0.2) is 0 Å². The van der Waals surface area contributed by atoms with Crippen molar-refractivity contribution in [2.75, 3.05) is 38.0 Å². The number of carbonyl (C=O) groups excluding carboxylic acids is 1. The third-order valence-electron chi connectivity index (χ3n) is 4.72. The summed E-state index contributed by atoms with van der Waals surface area (Å²) in [5.41, 5.74) is 3.36.